The number of hydrogen-bond acceptors (Lipinski definition) is 5. The minimum absolute atomic E-state index is 0.146. The van der Waals surface area contributed by atoms with E-state index in [1.807, 2.05) is 4.90 Å². The number of rotatable bonds is 7. The monoisotopic (exact) mass is 367 g/mol. The van der Waals surface area contributed by atoms with Gasteiger partial charge in [-0.3, -0.25) is 9.79 Å². The fourth-order valence-electron chi connectivity index (χ4n) is 2.77. The van der Waals surface area contributed by atoms with E-state index in [0.29, 0.717) is 0 Å². The SMILES string of the molecule is CCc1nncn1CCNC(=NCCSC)N1CCN(C(C)=O)CC1. The van der Waals surface area contributed by atoms with Crippen LogP contribution in [0, 0.1) is 0 Å². The number of aryl methyl sites for hydroxylation is 1. The van der Waals surface area contributed by atoms with Crippen molar-refractivity contribution in [3.8, 4) is 0 Å². The van der Waals surface area contributed by atoms with Gasteiger partial charge in [0, 0.05) is 58.4 Å². The average molecular weight is 368 g/mol. The summed E-state index contributed by atoms with van der Waals surface area (Å²) in [5.74, 6) is 3.08. The normalized spacial score (nSPS) is 15.6. The van der Waals surface area contributed by atoms with Gasteiger partial charge in [0.1, 0.15) is 12.2 Å². The lowest BCUT2D eigenvalue weighted by Gasteiger charge is -2.36. The van der Waals surface area contributed by atoms with Crippen LogP contribution < -0.4 is 5.32 Å². The van der Waals surface area contributed by atoms with Gasteiger partial charge in [-0.05, 0) is 6.26 Å². The molecule has 1 saturated heterocycles. The molecule has 0 spiro atoms. The molecule has 1 aromatic rings. The van der Waals surface area contributed by atoms with Crippen LogP contribution in [0.1, 0.15) is 19.7 Å². The maximum Gasteiger partial charge on any atom is 0.219 e. The van der Waals surface area contributed by atoms with E-state index in [2.05, 4.69) is 38.2 Å². The van der Waals surface area contributed by atoms with Gasteiger partial charge in [0.25, 0.3) is 0 Å². The summed E-state index contributed by atoms with van der Waals surface area (Å²) in [5.41, 5.74) is 0. The Kier molecular flexibility index (Phi) is 8.03. The van der Waals surface area contributed by atoms with Crippen molar-refractivity contribution in [2.45, 2.75) is 26.8 Å². The van der Waals surface area contributed by atoms with Gasteiger partial charge in [-0.15, -0.1) is 10.2 Å². The summed E-state index contributed by atoms with van der Waals surface area (Å²) in [4.78, 5) is 20.4. The summed E-state index contributed by atoms with van der Waals surface area (Å²) in [7, 11) is 0. The Bertz CT molecular complexity index is 567. The third kappa shape index (κ3) is 5.91. The summed E-state index contributed by atoms with van der Waals surface area (Å²) >= 11 is 1.79. The number of carbonyl (C=O) groups is 1. The van der Waals surface area contributed by atoms with Gasteiger partial charge in [0.15, 0.2) is 5.96 Å². The second-order valence-electron chi connectivity index (χ2n) is 5.91. The van der Waals surface area contributed by atoms with Gasteiger partial charge in [0.2, 0.25) is 5.91 Å². The van der Waals surface area contributed by atoms with Crippen molar-refractivity contribution < 1.29 is 4.79 Å². The zero-order valence-corrected chi connectivity index (χ0v) is 16.3. The molecule has 2 heterocycles. The number of nitrogens with zero attached hydrogens (tertiary/aromatic N) is 6. The third-order valence-electron chi connectivity index (χ3n) is 4.23. The smallest absolute Gasteiger partial charge is 0.219 e. The van der Waals surface area contributed by atoms with E-state index < -0.39 is 0 Å². The van der Waals surface area contributed by atoms with Crippen molar-refractivity contribution in [1.29, 1.82) is 0 Å². The summed E-state index contributed by atoms with van der Waals surface area (Å²) in [6, 6.07) is 0. The standard InChI is InChI=1S/C16H29N7OS/c1-4-15-20-19-13-23(15)7-5-17-16(18-6-12-25-3)22-10-8-21(9-11-22)14(2)24/h13H,4-12H2,1-3H3,(H,17,18). The van der Waals surface area contributed by atoms with Crippen LogP contribution in [0.5, 0.6) is 0 Å². The highest BCUT2D eigenvalue weighted by Gasteiger charge is 2.21. The Hall–Kier alpha value is -1.77. The molecule has 1 amide bonds. The summed E-state index contributed by atoms with van der Waals surface area (Å²) in [5, 5.41) is 11.6. The molecule has 0 atom stereocenters. The Balaban J connectivity index is 1.89. The molecular weight excluding hydrogens is 338 g/mol. The van der Waals surface area contributed by atoms with Crippen LogP contribution in [0.2, 0.25) is 0 Å². The highest BCUT2D eigenvalue weighted by Crippen LogP contribution is 2.03. The van der Waals surface area contributed by atoms with Crippen LogP contribution in [0.25, 0.3) is 0 Å². The highest BCUT2D eigenvalue weighted by molar-refractivity contribution is 7.98. The Morgan fingerprint density at radius 2 is 2.04 bits per heavy atom. The Labute approximate surface area is 154 Å². The maximum absolute atomic E-state index is 11.5. The van der Waals surface area contributed by atoms with E-state index in [-0.39, 0.29) is 5.91 Å². The van der Waals surface area contributed by atoms with Crippen molar-refractivity contribution in [3.63, 3.8) is 0 Å². The van der Waals surface area contributed by atoms with Gasteiger partial charge in [-0.25, -0.2) is 0 Å². The molecule has 2 rings (SSSR count). The van der Waals surface area contributed by atoms with Crippen LogP contribution in [-0.2, 0) is 17.8 Å². The lowest BCUT2D eigenvalue weighted by atomic mass is 10.3. The van der Waals surface area contributed by atoms with Crippen molar-refractivity contribution >= 4 is 23.6 Å². The lowest BCUT2D eigenvalue weighted by molar-refractivity contribution is -0.130. The number of aliphatic imine (C=N–C) groups is 1. The van der Waals surface area contributed by atoms with E-state index in [9.17, 15) is 4.79 Å². The number of piperazine rings is 1. The van der Waals surface area contributed by atoms with Crippen LogP contribution in [0.3, 0.4) is 0 Å². The predicted octanol–water partition coefficient (Wildman–Crippen LogP) is 0.313. The predicted molar refractivity (Wildman–Crippen MR) is 102 cm³/mol. The molecule has 0 bridgehead atoms. The number of amides is 1. The Morgan fingerprint density at radius 3 is 2.68 bits per heavy atom. The number of thioether (sulfide) groups is 1. The average Bonchev–Trinajstić information content (AvgIpc) is 3.08. The molecule has 1 N–H and O–H groups in total. The van der Waals surface area contributed by atoms with Gasteiger partial charge in [-0.2, -0.15) is 11.8 Å². The first-order valence-corrected chi connectivity index (χ1v) is 10.2. The Morgan fingerprint density at radius 1 is 1.32 bits per heavy atom. The van der Waals surface area contributed by atoms with Crippen LogP contribution >= 0.6 is 11.8 Å². The molecule has 140 valence electrons. The molecule has 1 aliphatic rings. The topological polar surface area (TPSA) is 78.7 Å². The molecule has 0 aromatic carbocycles. The van der Waals surface area contributed by atoms with E-state index >= 15 is 0 Å². The molecule has 9 heteroatoms. The van der Waals surface area contributed by atoms with Gasteiger partial charge in [0.05, 0.1) is 6.54 Å². The van der Waals surface area contributed by atoms with Gasteiger partial charge in [-0.1, -0.05) is 6.92 Å². The summed E-state index contributed by atoms with van der Waals surface area (Å²) in [6.45, 7) is 9.23. The molecule has 0 aliphatic carbocycles. The fraction of sp³-hybridized carbons (Fsp3) is 0.750. The molecule has 0 radical (unpaired) electrons. The summed E-state index contributed by atoms with van der Waals surface area (Å²) < 4.78 is 2.07. The lowest BCUT2D eigenvalue weighted by Crippen LogP contribution is -2.53. The number of nitrogens with one attached hydrogen (secondary N) is 1. The van der Waals surface area contributed by atoms with Crippen molar-refractivity contribution in [3.05, 3.63) is 12.2 Å². The number of guanidine groups is 1. The molecule has 8 nitrogen and oxygen atoms in total. The first-order chi connectivity index (χ1) is 12.2. The first kappa shape index (κ1) is 19.6. The quantitative estimate of drug-likeness (QED) is 0.425. The molecule has 0 unspecified atom stereocenters. The van der Waals surface area contributed by atoms with Crippen molar-refractivity contribution in [2.75, 3.05) is 51.3 Å². The third-order valence-corrected chi connectivity index (χ3v) is 4.82. The largest absolute Gasteiger partial charge is 0.354 e. The van der Waals surface area contributed by atoms with Gasteiger partial charge < -0.3 is 19.7 Å². The maximum atomic E-state index is 11.5. The molecule has 1 aromatic heterocycles. The van der Waals surface area contributed by atoms with E-state index in [1.165, 1.54) is 0 Å². The van der Waals surface area contributed by atoms with E-state index in [1.54, 1.807) is 25.0 Å². The number of aromatic nitrogens is 3. The van der Waals surface area contributed by atoms with Gasteiger partial charge >= 0.3 is 0 Å². The zero-order chi connectivity index (χ0) is 18.1. The summed E-state index contributed by atoms with van der Waals surface area (Å²) in [6.07, 6.45) is 4.74. The molecule has 1 aliphatic heterocycles. The highest BCUT2D eigenvalue weighted by atomic mass is 32.2. The van der Waals surface area contributed by atoms with Crippen LogP contribution in [-0.4, -0.2) is 87.7 Å². The molecule has 1 fully saturated rings. The molecule has 25 heavy (non-hydrogen) atoms. The van der Waals surface area contributed by atoms with E-state index in [0.717, 1.165) is 69.8 Å². The first-order valence-electron chi connectivity index (χ1n) is 8.80. The molecule has 0 saturated carbocycles. The number of carbonyl (C=O) groups excluding carboxylic acids is 1. The van der Waals surface area contributed by atoms with Crippen molar-refractivity contribution in [2.24, 2.45) is 4.99 Å². The second-order valence-corrected chi connectivity index (χ2v) is 6.90. The minimum Gasteiger partial charge on any atom is -0.354 e. The van der Waals surface area contributed by atoms with Crippen LogP contribution in [0.15, 0.2) is 11.3 Å². The van der Waals surface area contributed by atoms with Crippen molar-refractivity contribution in [1.82, 2.24) is 29.9 Å². The fourth-order valence-corrected chi connectivity index (χ4v) is 3.05. The minimum atomic E-state index is 0.146. The van der Waals surface area contributed by atoms with E-state index in [4.69, 9.17) is 4.99 Å². The number of hydrogen-bond donors (Lipinski definition) is 1. The second kappa shape index (κ2) is 10.3. The zero-order valence-electron chi connectivity index (χ0n) is 15.4. The molecular formula is C16H29N7OS. The van der Waals surface area contributed by atoms with Crippen LogP contribution in [0.4, 0.5) is 0 Å².